The van der Waals surface area contributed by atoms with E-state index in [2.05, 4.69) is 11.4 Å². The molecule has 1 rings (SSSR count). The summed E-state index contributed by atoms with van der Waals surface area (Å²) < 4.78 is 31.6. The molecular weight excluding hydrogens is 563 g/mol. The molecule has 242 valence electrons. The highest BCUT2D eigenvalue weighted by atomic mass is 31.2. The second-order valence-corrected chi connectivity index (χ2v) is 11.9. The molecule has 0 aliphatic rings. The van der Waals surface area contributed by atoms with Crippen molar-refractivity contribution in [3.8, 4) is 5.75 Å². The van der Waals surface area contributed by atoms with Gasteiger partial charge in [0.1, 0.15) is 12.4 Å². The largest absolute Gasteiger partial charge is 0.494 e. The van der Waals surface area contributed by atoms with Gasteiger partial charge in [0.15, 0.2) is 6.10 Å². The van der Waals surface area contributed by atoms with E-state index in [0.29, 0.717) is 43.0 Å². The quantitative estimate of drug-likeness (QED) is 0.0389. The predicted molar refractivity (Wildman–Crippen MR) is 164 cm³/mol. The molecule has 1 atom stereocenters. The molecule has 6 N–H and O–H groups in total. The van der Waals surface area contributed by atoms with Gasteiger partial charge in [0, 0.05) is 18.9 Å². The minimum Gasteiger partial charge on any atom is -0.494 e. The van der Waals surface area contributed by atoms with E-state index in [9.17, 15) is 14.2 Å². The van der Waals surface area contributed by atoms with Crippen LogP contribution in [0.5, 0.6) is 5.75 Å². The van der Waals surface area contributed by atoms with Crippen molar-refractivity contribution in [1.82, 2.24) is 0 Å². The van der Waals surface area contributed by atoms with Gasteiger partial charge in [-0.25, -0.2) is 4.57 Å². The molecule has 12 heteroatoms. The van der Waals surface area contributed by atoms with Crippen molar-refractivity contribution in [2.45, 2.75) is 122 Å². The Morgan fingerprint density at radius 3 is 1.88 bits per heavy atom. The molecule has 0 saturated carbocycles. The molecule has 0 radical (unpaired) electrons. The summed E-state index contributed by atoms with van der Waals surface area (Å²) in [7, 11) is -4.79. The van der Waals surface area contributed by atoms with E-state index in [0.717, 1.165) is 19.3 Å². The van der Waals surface area contributed by atoms with Gasteiger partial charge in [-0.1, -0.05) is 84.0 Å². The highest BCUT2D eigenvalue weighted by Crippen LogP contribution is 2.36. The van der Waals surface area contributed by atoms with Crippen molar-refractivity contribution in [3.05, 3.63) is 18.2 Å². The normalized spacial score (nSPS) is 12.2. The highest BCUT2D eigenvalue weighted by Gasteiger charge is 2.22. The standard InChI is InChI=1S/C30H53N2O9P/c1-2-3-4-5-6-7-8-9-10-11-12-13-14-17-29(33)39-23-26(24-40-42(35,36)37)41-30(34)18-15-16-21-38-25-19-20-27(31)28(32)22-25/h19-20,22,26H,2-18,21,23-24,31-32H2,1H3,(H2,35,36,37). The topological polar surface area (TPSA) is 181 Å². The van der Waals surface area contributed by atoms with Gasteiger partial charge >= 0.3 is 19.8 Å². The molecule has 0 aliphatic heterocycles. The first-order valence-electron chi connectivity index (χ1n) is 15.4. The van der Waals surface area contributed by atoms with E-state index in [4.69, 9.17) is 35.5 Å². The summed E-state index contributed by atoms with van der Waals surface area (Å²) >= 11 is 0. The summed E-state index contributed by atoms with van der Waals surface area (Å²) in [4.78, 5) is 42.4. The van der Waals surface area contributed by atoms with Gasteiger partial charge in [0.05, 0.1) is 24.6 Å². The van der Waals surface area contributed by atoms with Crippen LogP contribution in [0.25, 0.3) is 0 Å². The molecule has 0 spiro atoms. The lowest BCUT2D eigenvalue weighted by Crippen LogP contribution is -2.29. The van der Waals surface area contributed by atoms with E-state index in [1.165, 1.54) is 57.8 Å². The number of carbonyl (C=O) groups is 2. The van der Waals surface area contributed by atoms with Crippen molar-refractivity contribution in [1.29, 1.82) is 0 Å². The minimum atomic E-state index is -4.79. The lowest BCUT2D eigenvalue weighted by molar-refractivity contribution is -0.161. The van der Waals surface area contributed by atoms with Crippen LogP contribution in [0.4, 0.5) is 11.4 Å². The van der Waals surface area contributed by atoms with Gasteiger partial charge in [-0.05, 0) is 31.4 Å². The van der Waals surface area contributed by atoms with Gasteiger partial charge in [-0.3, -0.25) is 14.1 Å². The number of hydrogen-bond acceptors (Lipinski definition) is 9. The smallest absolute Gasteiger partial charge is 0.469 e. The van der Waals surface area contributed by atoms with Crippen LogP contribution in [0.15, 0.2) is 18.2 Å². The molecule has 42 heavy (non-hydrogen) atoms. The van der Waals surface area contributed by atoms with E-state index in [1.54, 1.807) is 18.2 Å². The van der Waals surface area contributed by atoms with Crippen molar-refractivity contribution in [2.24, 2.45) is 0 Å². The summed E-state index contributed by atoms with van der Waals surface area (Å²) in [6, 6.07) is 4.97. The highest BCUT2D eigenvalue weighted by molar-refractivity contribution is 7.46. The van der Waals surface area contributed by atoms with Gasteiger partial charge in [-0.2, -0.15) is 0 Å². The Morgan fingerprint density at radius 1 is 0.762 bits per heavy atom. The Kier molecular flexibility index (Phi) is 20.8. The fourth-order valence-electron chi connectivity index (χ4n) is 4.29. The van der Waals surface area contributed by atoms with E-state index < -0.39 is 32.5 Å². The number of phosphoric ester groups is 1. The predicted octanol–water partition coefficient (Wildman–Crippen LogP) is 6.45. The Morgan fingerprint density at radius 2 is 1.31 bits per heavy atom. The lowest BCUT2D eigenvalue weighted by atomic mass is 10.0. The lowest BCUT2D eigenvalue weighted by Gasteiger charge is -2.18. The number of phosphoric acid groups is 1. The summed E-state index contributed by atoms with van der Waals surface area (Å²) in [5.74, 6) is -0.478. The maximum absolute atomic E-state index is 12.3. The number of esters is 2. The SMILES string of the molecule is CCCCCCCCCCCCCCCC(=O)OCC(COP(=O)(O)O)OC(=O)CCCCOc1ccc(N)c(N)c1. The third-order valence-corrected chi connectivity index (χ3v) is 7.23. The number of rotatable bonds is 26. The third-order valence-electron chi connectivity index (χ3n) is 6.74. The molecule has 1 unspecified atom stereocenters. The molecule has 0 heterocycles. The molecule has 0 aromatic heterocycles. The second kappa shape index (κ2) is 23.2. The number of hydrogen-bond donors (Lipinski definition) is 4. The minimum absolute atomic E-state index is 0.0482. The third kappa shape index (κ3) is 21.4. The van der Waals surface area contributed by atoms with Crippen molar-refractivity contribution >= 4 is 31.1 Å². The average Bonchev–Trinajstić information content (AvgIpc) is 2.94. The molecule has 0 saturated heterocycles. The van der Waals surface area contributed by atoms with Gasteiger partial charge in [0.2, 0.25) is 0 Å². The molecular formula is C30H53N2O9P. The van der Waals surface area contributed by atoms with Crippen LogP contribution in [0, 0.1) is 0 Å². The molecule has 1 aromatic carbocycles. The van der Waals surface area contributed by atoms with Crippen LogP contribution >= 0.6 is 7.82 Å². The van der Waals surface area contributed by atoms with Gasteiger partial charge in [-0.15, -0.1) is 0 Å². The fraction of sp³-hybridized carbons (Fsp3) is 0.733. The van der Waals surface area contributed by atoms with Crippen LogP contribution in [0.3, 0.4) is 0 Å². The van der Waals surface area contributed by atoms with Crippen LogP contribution in [0.1, 0.15) is 116 Å². The van der Waals surface area contributed by atoms with Crippen molar-refractivity contribution < 1.29 is 42.7 Å². The van der Waals surface area contributed by atoms with Crippen LogP contribution < -0.4 is 16.2 Å². The van der Waals surface area contributed by atoms with E-state index >= 15 is 0 Å². The molecule has 1 aromatic rings. The number of nitrogen functional groups attached to an aromatic ring is 2. The first-order valence-corrected chi connectivity index (χ1v) is 17.0. The zero-order chi connectivity index (χ0) is 31.1. The number of anilines is 2. The van der Waals surface area contributed by atoms with Gasteiger partial charge < -0.3 is 35.5 Å². The summed E-state index contributed by atoms with van der Waals surface area (Å²) in [6.45, 7) is 1.64. The Labute approximate surface area is 251 Å². The molecule has 0 bridgehead atoms. The zero-order valence-corrected chi connectivity index (χ0v) is 26.2. The number of nitrogens with two attached hydrogens (primary N) is 2. The Hall–Kier alpha value is -2.33. The van der Waals surface area contributed by atoms with E-state index in [-0.39, 0.29) is 19.4 Å². The number of carbonyl (C=O) groups excluding carboxylic acids is 2. The van der Waals surface area contributed by atoms with Crippen molar-refractivity contribution in [2.75, 3.05) is 31.3 Å². The zero-order valence-electron chi connectivity index (χ0n) is 25.3. The fourth-order valence-corrected chi connectivity index (χ4v) is 4.65. The molecule has 0 fully saturated rings. The van der Waals surface area contributed by atoms with Crippen LogP contribution in [-0.4, -0.2) is 47.7 Å². The summed E-state index contributed by atoms with van der Waals surface area (Å²) in [5.41, 5.74) is 12.3. The maximum atomic E-state index is 12.3. The average molecular weight is 617 g/mol. The van der Waals surface area contributed by atoms with Crippen LogP contribution in [-0.2, 0) is 28.2 Å². The summed E-state index contributed by atoms with van der Waals surface area (Å²) in [5, 5.41) is 0. The first kappa shape index (κ1) is 37.7. The van der Waals surface area contributed by atoms with Crippen LogP contribution in [0.2, 0.25) is 0 Å². The second-order valence-electron chi connectivity index (χ2n) is 10.7. The van der Waals surface area contributed by atoms with Gasteiger partial charge in [0.25, 0.3) is 0 Å². The maximum Gasteiger partial charge on any atom is 0.469 e. The number of ether oxygens (including phenoxy) is 3. The molecule has 0 aliphatic carbocycles. The van der Waals surface area contributed by atoms with Crippen molar-refractivity contribution in [3.63, 3.8) is 0 Å². The molecule has 11 nitrogen and oxygen atoms in total. The molecule has 0 amide bonds. The number of benzene rings is 1. The Bertz CT molecular complexity index is 926. The number of unbranched alkanes of at least 4 members (excludes halogenated alkanes) is 13. The monoisotopic (exact) mass is 616 g/mol. The van der Waals surface area contributed by atoms with E-state index in [1.807, 2.05) is 0 Å². The summed E-state index contributed by atoms with van der Waals surface area (Å²) in [6.07, 6.45) is 15.8. The Balaban J connectivity index is 2.19. The first-order chi connectivity index (χ1) is 20.1.